The number of rotatable bonds is 7. The largest absolute Gasteiger partial charge is 0.381 e. The number of hydrogen-bond acceptors (Lipinski definition) is 3. The molecule has 106 valence electrons. The van der Waals surface area contributed by atoms with Gasteiger partial charge in [0, 0.05) is 19.3 Å². The zero-order valence-electron chi connectivity index (χ0n) is 11.8. The molecule has 2 aliphatic rings. The van der Waals surface area contributed by atoms with Gasteiger partial charge in [0.2, 0.25) is 0 Å². The summed E-state index contributed by atoms with van der Waals surface area (Å²) < 4.78 is 11.4. The van der Waals surface area contributed by atoms with Crippen LogP contribution in [0.15, 0.2) is 0 Å². The van der Waals surface area contributed by atoms with Crippen LogP contribution in [0.25, 0.3) is 0 Å². The second-order valence-electron chi connectivity index (χ2n) is 5.75. The lowest BCUT2D eigenvalue weighted by Crippen LogP contribution is -2.41. The zero-order valence-corrected chi connectivity index (χ0v) is 11.8. The van der Waals surface area contributed by atoms with Crippen molar-refractivity contribution in [3.05, 3.63) is 0 Å². The molecule has 3 atom stereocenters. The van der Waals surface area contributed by atoms with Gasteiger partial charge in [0.1, 0.15) is 0 Å². The monoisotopic (exact) mass is 255 g/mol. The van der Waals surface area contributed by atoms with E-state index in [9.17, 15) is 0 Å². The summed E-state index contributed by atoms with van der Waals surface area (Å²) in [4.78, 5) is 0. The summed E-state index contributed by atoms with van der Waals surface area (Å²) in [5.41, 5.74) is 0. The average molecular weight is 255 g/mol. The van der Waals surface area contributed by atoms with Crippen molar-refractivity contribution in [1.82, 2.24) is 5.32 Å². The van der Waals surface area contributed by atoms with Crippen LogP contribution in [-0.4, -0.2) is 38.5 Å². The van der Waals surface area contributed by atoms with Gasteiger partial charge in [0.15, 0.2) is 0 Å². The molecule has 0 aromatic heterocycles. The van der Waals surface area contributed by atoms with Crippen molar-refractivity contribution in [2.45, 2.75) is 64.0 Å². The van der Waals surface area contributed by atoms with E-state index in [2.05, 4.69) is 12.2 Å². The van der Waals surface area contributed by atoms with Gasteiger partial charge in [0.25, 0.3) is 0 Å². The molecule has 3 nitrogen and oxygen atoms in total. The highest BCUT2D eigenvalue weighted by Crippen LogP contribution is 2.24. The summed E-state index contributed by atoms with van der Waals surface area (Å²) in [6, 6.07) is 0.634. The molecule has 0 aliphatic carbocycles. The Bertz CT molecular complexity index is 211. The van der Waals surface area contributed by atoms with E-state index in [4.69, 9.17) is 9.47 Å². The van der Waals surface area contributed by atoms with Crippen LogP contribution < -0.4 is 5.32 Å². The Morgan fingerprint density at radius 1 is 1.22 bits per heavy atom. The molecule has 0 aromatic rings. The molecule has 2 fully saturated rings. The second kappa shape index (κ2) is 8.13. The Morgan fingerprint density at radius 2 is 2.11 bits per heavy atom. The first-order valence-corrected chi connectivity index (χ1v) is 7.83. The van der Waals surface area contributed by atoms with Gasteiger partial charge in [-0.3, -0.25) is 0 Å². The molecule has 0 radical (unpaired) electrons. The van der Waals surface area contributed by atoms with E-state index in [0.717, 1.165) is 26.4 Å². The molecule has 0 amide bonds. The van der Waals surface area contributed by atoms with Crippen molar-refractivity contribution in [3.8, 4) is 0 Å². The zero-order chi connectivity index (χ0) is 12.6. The first-order chi connectivity index (χ1) is 8.90. The molecule has 0 saturated carbocycles. The molecular weight excluding hydrogens is 226 g/mol. The van der Waals surface area contributed by atoms with Crippen molar-refractivity contribution < 1.29 is 9.47 Å². The second-order valence-corrected chi connectivity index (χ2v) is 5.75. The maximum absolute atomic E-state index is 5.74. The fraction of sp³-hybridized carbons (Fsp3) is 1.00. The standard InChI is InChI=1S/C15H29NO2/c1-2-9-16-15(13-5-3-10-17-12-13)8-7-14-6-4-11-18-14/h13-16H,2-12H2,1H3. The third-order valence-electron chi connectivity index (χ3n) is 4.24. The van der Waals surface area contributed by atoms with Gasteiger partial charge in [-0.15, -0.1) is 0 Å². The highest BCUT2D eigenvalue weighted by molar-refractivity contribution is 4.80. The minimum atomic E-state index is 0.528. The maximum Gasteiger partial charge on any atom is 0.0576 e. The van der Waals surface area contributed by atoms with Gasteiger partial charge < -0.3 is 14.8 Å². The predicted molar refractivity (Wildman–Crippen MR) is 73.8 cm³/mol. The van der Waals surface area contributed by atoms with E-state index in [1.165, 1.54) is 44.9 Å². The van der Waals surface area contributed by atoms with Gasteiger partial charge in [-0.1, -0.05) is 6.92 Å². The Hall–Kier alpha value is -0.120. The summed E-state index contributed by atoms with van der Waals surface area (Å²) >= 11 is 0. The van der Waals surface area contributed by atoms with E-state index in [0.29, 0.717) is 18.1 Å². The first-order valence-electron chi connectivity index (χ1n) is 7.83. The molecule has 2 heterocycles. The lowest BCUT2D eigenvalue weighted by molar-refractivity contribution is 0.0332. The summed E-state index contributed by atoms with van der Waals surface area (Å²) in [5, 5.41) is 3.73. The van der Waals surface area contributed by atoms with E-state index in [-0.39, 0.29) is 0 Å². The Morgan fingerprint density at radius 3 is 2.78 bits per heavy atom. The van der Waals surface area contributed by atoms with Crippen LogP contribution in [0.4, 0.5) is 0 Å². The van der Waals surface area contributed by atoms with Crippen LogP contribution in [0.1, 0.15) is 51.9 Å². The highest BCUT2D eigenvalue weighted by atomic mass is 16.5. The summed E-state index contributed by atoms with van der Waals surface area (Å²) in [7, 11) is 0. The van der Waals surface area contributed by atoms with E-state index in [1.807, 2.05) is 0 Å². The minimum Gasteiger partial charge on any atom is -0.381 e. The molecule has 0 bridgehead atoms. The normalized spacial score (nSPS) is 30.5. The Labute approximate surface area is 112 Å². The molecule has 0 aromatic carbocycles. The third-order valence-corrected chi connectivity index (χ3v) is 4.24. The topological polar surface area (TPSA) is 30.5 Å². The van der Waals surface area contributed by atoms with E-state index in [1.54, 1.807) is 0 Å². The van der Waals surface area contributed by atoms with E-state index < -0.39 is 0 Å². The minimum absolute atomic E-state index is 0.528. The molecule has 0 spiro atoms. The third kappa shape index (κ3) is 4.52. The van der Waals surface area contributed by atoms with Crippen LogP contribution in [0.3, 0.4) is 0 Å². The van der Waals surface area contributed by atoms with Crippen LogP contribution in [0.2, 0.25) is 0 Å². The Balaban J connectivity index is 1.75. The Kier molecular flexibility index (Phi) is 6.46. The molecule has 2 aliphatic heterocycles. The van der Waals surface area contributed by atoms with Gasteiger partial charge in [-0.05, 0) is 57.4 Å². The van der Waals surface area contributed by atoms with Crippen molar-refractivity contribution in [2.24, 2.45) is 5.92 Å². The molecule has 18 heavy (non-hydrogen) atoms. The predicted octanol–water partition coefficient (Wildman–Crippen LogP) is 2.74. The van der Waals surface area contributed by atoms with Crippen LogP contribution in [0, 0.1) is 5.92 Å². The molecule has 2 saturated heterocycles. The summed E-state index contributed by atoms with van der Waals surface area (Å²) in [6.07, 6.45) is 9.29. The maximum atomic E-state index is 5.74. The number of nitrogens with one attached hydrogen (secondary N) is 1. The van der Waals surface area contributed by atoms with Crippen LogP contribution in [0.5, 0.6) is 0 Å². The van der Waals surface area contributed by atoms with Crippen molar-refractivity contribution in [1.29, 1.82) is 0 Å². The van der Waals surface area contributed by atoms with Gasteiger partial charge in [-0.25, -0.2) is 0 Å². The SMILES string of the molecule is CCCNC(CCC1CCCO1)C1CCCOC1. The first kappa shape index (κ1) is 14.3. The quantitative estimate of drug-likeness (QED) is 0.759. The lowest BCUT2D eigenvalue weighted by atomic mass is 9.89. The number of ether oxygens (including phenoxy) is 2. The average Bonchev–Trinajstić information content (AvgIpc) is 2.93. The molecule has 1 N–H and O–H groups in total. The molecular formula is C15H29NO2. The molecule has 3 unspecified atom stereocenters. The smallest absolute Gasteiger partial charge is 0.0576 e. The van der Waals surface area contributed by atoms with Crippen LogP contribution >= 0.6 is 0 Å². The van der Waals surface area contributed by atoms with Crippen molar-refractivity contribution in [2.75, 3.05) is 26.4 Å². The fourth-order valence-corrected chi connectivity index (χ4v) is 3.15. The van der Waals surface area contributed by atoms with Crippen molar-refractivity contribution >= 4 is 0 Å². The highest BCUT2D eigenvalue weighted by Gasteiger charge is 2.25. The van der Waals surface area contributed by atoms with Gasteiger partial charge in [0.05, 0.1) is 12.7 Å². The molecule has 2 rings (SSSR count). The van der Waals surface area contributed by atoms with Gasteiger partial charge in [-0.2, -0.15) is 0 Å². The number of hydrogen-bond donors (Lipinski definition) is 1. The summed E-state index contributed by atoms with van der Waals surface area (Å²) in [6.45, 7) is 6.26. The van der Waals surface area contributed by atoms with Crippen LogP contribution in [-0.2, 0) is 9.47 Å². The van der Waals surface area contributed by atoms with Gasteiger partial charge >= 0.3 is 0 Å². The summed E-state index contributed by atoms with van der Waals surface area (Å²) in [5.74, 6) is 0.715. The fourth-order valence-electron chi connectivity index (χ4n) is 3.15. The van der Waals surface area contributed by atoms with E-state index >= 15 is 0 Å². The van der Waals surface area contributed by atoms with Crippen molar-refractivity contribution in [3.63, 3.8) is 0 Å². The molecule has 3 heteroatoms. The lowest BCUT2D eigenvalue weighted by Gasteiger charge is -2.31.